The summed E-state index contributed by atoms with van der Waals surface area (Å²) in [7, 11) is 0. The van der Waals surface area contributed by atoms with Crippen molar-refractivity contribution in [2.75, 3.05) is 0 Å². The molecular weight excluding hydrogens is 367 g/mol. The van der Waals surface area contributed by atoms with Crippen LogP contribution in [0.4, 0.5) is 4.39 Å². The summed E-state index contributed by atoms with van der Waals surface area (Å²) in [5.74, 6) is -0.383. The number of amides is 1. The van der Waals surface area contributed by atoms with E-state index in [1.54, 1.807) is 18.2 Å². The molecular formula is C21H16ClFN2O2. The fraction of sp³-hybridized carbons (Fsp3) is 0.0476. The highest BCUT2D eigenvalue weighted by atomic mass is 35.5. The first kappa shape index (κ1) is 18.6. The van der Waals surface area contributed by atoms with Gasteiger partial charge in [0.05, 0.1) is 6.21 Å². The summed E-state index contributed by atoms with van der Waals surface area (Å²) in [6.07, 6.45) is 1.47. The quantitative estimate of drug-likeness (QED) is 0.490. The molecule has 6 heteroatoms. The third-order valence-corrected chi connectivity index (χ3v) is 4.09. The van der Waals surface area contributed by atoms with E-state index < -0.39 is 11.7 Å². The molecule has 1 N–H and O–H groups in total. The Hall–Kier alpha value is -3.18. The lowest BCUT2D eigenvalue weighted by atomic mass is 10.2. The molecule has 0 bridgehead atoms. The highest BCUT2D eigenvalue weighted by Gasteiger charge is 2.06. The van der Waals surface area contributed by atoms with Gasteiger partial charge in [-0.2, -0.15) is 5.10 Å². The van der Waals surface area contributed by atoms with E-state index in [-0.39, 0.29) is 5.56 Å². The number of nitrogens with one attached hydrogen (secondary N) is 1. The Morgan fingerprint density at radius 2 is 1.85 bits per heavy atom. The van der Waals surface area contributed by atoms with Gasteiger partial charge in [-0.05, 0) is 36.4 Å². The van der Waals surface area contributed by atoms with Crippen molar-refractivity contribution in [3.8, 4) is 5.75 Å². The molecule has 136 valence electrons. The van der Waals surface area contributed by atoms with Crippen molar-refractivity contribution in [3.63, 3.8) is 0 Å². The predicted molar refractivity (Wildman–Crippen MR) is 104 cm³/mol. The highest BCUT2D eigenvalue weighted by molar-refractivity contribution is 6.31. The van der Waals surface area contributed by atoms with Gasteiger partial charge < -0.3 is 4.74 Å². The third-order valence-electron chi connectivity index (χ3n) is 3.72. The monoisotopic (exact) mass is 382 g/mol. The molecule has 0 aliphatic heterocycles. The van der Waals surface area contributed by atoms with Crippen LogP contribution in [0.25, 0.3) is 0 Å². The number of para-hydroxylation sites is 1. The summed E-state index contributed by atoms with van der Waals surface area (Å²) >= 11 is 6.14. The molecule has 0 saturated heterocycles. The van der Waals surface area contributed by atoms with Crippen LogP contribution in [0.1, 0.15) is 21.5 Å². The van der Waals surface area contributed by atoms with Gasteiger partial charge in [0.25, 0.3) is 5.91 Å². The first-order valence-corrected chi connectivity index (χ1v) is 8.55. The minimum atomic E-state index is -0.500. The smallest absolute Gasteiger partial charge is 0.271 e. The average molecular weight is 383 g/mol. The van der Waals surface area contributed by atoms with Crippen LogP contribution in [-0.2, 0) is 6.61 Å². The van der Waals surface area contributed by atoms with Gasteiger partial charge in [0.2, 0.25) is 0 Å². The van der Waals surface area contributed by atoms with Crippen LogP contribution in [-0.4, -0.2) is 12.1 Å². The molecule has 0 spiro atoms. The maximum absolute atomic E-state index is 13.2. The fourth-order valence-electron chi connectivity index (χ4n) is 2.34. The van der Waals surface area contributed by atoms with Crippen molar-refractivity contribution >= 4 is 23.7 Å². The van der Waals surface area contributed by atoms with Crippen LogP contribution in [0, 0.1) is 5.82 Å². The van der Waals surface area contributed by atoms with Gasteiger partial charge in [0.15, 0.2) is 0 Å². The molecule has 0 aliphatic rings. The molecule has 3 rings (SSSR count). The summed E-state index contributed by atoms with van der Waals surface area (Å²) in [6, 6.07) is 20.1. The van der Waals surface area contributed by atoms with Crippen LogP contribution < -0.4 is 10.2 Å². The number of hydrogen-bond donors (Lipinski definition) is 1. The van der Waals surface area contributed by atoms with E-state index in [1.165, 1.54) is 24.4 Å². The number of hydrogen-bond acceptors (Lipinski definition) is 3. The van der Waals surface area contributed by atoms with E-state index in [1.807, 2.05) is 30.3 Å². The Morgan fingerprint density at radius 1 is 1.07 bits per heavy atom. The van der Waals surface area contributed by atoms with Gasteiger partial charge >= 0.3 is 0 Å². The van der Waals surface area contributed by atoms with Crippen molar-refractivity contribution in [3.05, 3.63) is 100 Å². The molecule has 1 amide bonds. The Kier molecular flexibility index (Phi) is 6.18. The average Bonchev–Trinajstić information content (AvgIpc) is 2.68. The molecule has 0 aromatic heterocycles. The van der Waals surface area contributed by atoms with Crippen molar-refractivity contribution in [2.45, 2.75) is 6.61 Å². The fourth-order valence-corrected chi connectivity index (χ4v) is 2.53. The number of hydrazone groups is 1. The van der Waals surface area contributed by atoms with Crippen molar-refractivity contribution < 1.29 is 13.9 Å². The van der Waals surface area contributed by atoms with E-state index in [9.17, 15) is 9.18 Å². The van der Waals surface area contributed by atoms with Crippen LogP contribution in [0.15, 0.2) is 77.9 Å². The van der Waals surface area contributed by atoms with Gasteiger partial charge in [-0.3, -0.25) is 4.79 Å². The van der Waals surface area contributed by atoms with Crippen molar-refractivity contribution in [2.24, 2.45) is 5.10 Å². The zero-order valence-electron chi connectivity index (χ0n) is 14.2. The number of carbonyl (C=O) groups is 1. The predicted octanol–water partition coefficient (Wildman–Crippen LogP) is 4.82. The van der Waals surface area contributed by atoms with Gasteiger partial charge in [-0.1, -0.05) is 48.0 Å². The lowest BCUT2D eigenvalue weighted by Gasteiger charge is -2.10. The Bertz CT molecular complexity index is 976. The Morgan fingerprint density at radius 3 is 2.67 bits per heavy atom. The molecule has 0 unspecified atom stereocenters. The minimum absolute atomic E-state index is 0.190. The standard InChI is InChI=1S/C21H16ClFN2O2/c22-19-10-3-1-7-17(19)14-27-20-11-4-2-6-16(20)13-24-25-21(26)15-8-5-9-18(23)12-15/h1-13H,14H2,(H,25,26)/b24-13-. The minimum Gasteiger partial charge on any atom is -0.488 e. The first-order valence-electron chi connectivity index (χ1n) is 8.17. The molecule has 0 saturated carbocycles. The maximum Gasteiger partial charge on any atom is 0.271 e. The normalized spacial score (nSPS) is 10.7. The summed E-state index contributed by atoms with van der Waals surface area (Å²) in [5.41, 5.74) is 4.11. The zero-order valence-corrected chi connectivity index (χ0v) is 15.0. The van der Waals surface area contributed by atoms with Crippen LogP contribution in [0.5, 0.6) is 5.75 Å². The number of nitrogens with zero attached hydrogens (tertiary/aromatic N) is 1. The molecule has 4 nitrogen and oxygen atoms in total. The number of rotatable bonds is 6. The summed E-state index contributed by atoms with van der Waals surface area (Å²) in [5, 5.41) is 4.56. The summed E-state index contributed by atoms with van der Waals surface area (Å²) in [6.45, 7) is 0.306. The summed E-state index contributed by atoms with van der Waals surface area (Å²) in [4.78, 5) is 12.0. The van der Waals surface area contributed by atoms with Crippen molar-refractivity contribution in [1.29, 1.82) is 0 Å². The van der Waals surface area contributed by atoms with E-state index in [4.69, 9.17) is 16.3 Å². The second-order valence-electron chi connectivity index (χ2n) is 5.63. The van der Waals surface area contributed by atoms with E-state index in [2.05, 4.69) is 10.5 Å². The zero-order chi connectivity index (χ0) is 19.1. The highest BCUT2D eigenvalue weighted by Crippen LogP contribution is 2.20. The first-order chi connectivity index (χ1) is 13.1. The molecule has 0 heterocycles. The van der Waals surface area contributed by atoms with Gasteiger partial charge in [-0.15, -0.1) is 0 Å². The molecule has 0 radical (unpaired) electrons. The van der Waals surface area contributed by atoms with E-state index in [0.29, 0.717) is 22.9 Å². The van der Waals surface area contributed by atoms with Crippen LogP contribution in [0.2, 0.25) is 5.02 Å². The Balaban J connectivity index is 1.66. The van der Waals surface area contributed by atoms with Gasteiger partial charge in [-0.25, -0.2) is 9.82 Å². The SMILES string of the molecule is O=C(N/N=C\c1ccccc1OCc1ccccc1Cl)c1cccc(F)c1. The molecule has 27 heavy (non-hydrogen) atoms. The van der Waals surface area contributed by atoms with Gasteiger partial charge in [0.1, 0.15) is 18.2 Å². The largest absolute Gasteiger partial charge is 0.488 e. The van der Waals surface area contributed by atoms with E-state index >= 15 is 0 Å². The molecule has 0 aliphatic carbocycles. The lowest BCUT2D eigenvalue weighted by molar-refractivity contribution is 0.0954. The van der Waals surface area contributed by atoms with Crippen molar-refractivity contribution in [1.82, 2.24) is 5.43 Å². The van der Waals surface area contributed by atoms with Crippen LogP contribution >= 0.6 is 11.6 Å². The maximum atomic E-state index is 13.2. The van der Waals surface area contributed by atoms with Crippen LogP contribution in [0.3, 0.4) is 0 Å². The Labute approximate surface area is 161 Å². The summed E-state index contributed by atoms with van der Waals surface area (Å²) < 4.78 is 19.0. The van der Waals surface area contributed by atoms with E-state index in [0.717, 1.165) is 11.6 Å². The molecule has 3 aromatic rings. The molecule has 0 fully saturated rings. The third kappa shape index (κ3) is 5.15. The number of halogens is 2. The molecule has 3 aromatic carbocycles. The molecule has 0 atom stereocenters. The second kappa shape index (κ2) is 8.96. The van der Waals surface area contributed by atoms with Gasteiger partial charge in [0, 0.05) is 21.7 Å². The number of ether oxygens (including phenoxy) is 1. The number of carbonyl (C=O) groups excluding carboxylic acids is 1. The second-order valence-corrected chi connectivity index (χ2v) is 6.03. The number of benzene rings is 3. The lowest BCUT2D eigenvalue weighted by Crippen LogP contribution is -2.17. The topological polar surface area (TPSA) is 50.7 Å².